The van der Waals surface area contributed by atoms with Crippen molar-refractivity contribution < 1.29 is 23.7 Å². The van der Waals surface area contributed by atoms with Crippen molar-refractivity contribution in [1.82, 2.24) is 5.32 Å². The summed E-state index contributed by atoms with van der Waals surface area (Å²) in [7, 11) is 0. The van der Waals surface area contributed by atoms with Crippen LogP contribution in [-0.2, 0) is 11.2 Å². The first kappa shape index (κ1) is 14.8. The van der Waals surface area contributed by atoms with Crippen LogP contribution in [0, 0.1) is 0 Å². The van der Waals surface area contributed by atoms with Crippen LogP contribution in [0.15, 0.2) is 42.5 Å². The molecule has 0 aliphatic carbocycles. The van der Waals surface area contributed by atoms with E-state index < -0.39 is 11.5 Å². The molecule has 1 aliphatic heterocycles. The molecule has 1 fully saturated rings. The Morgan fingerprint density at radius 3 is 2.70 bits per heavy atom. The molecule has 1 aliphatic rings. The number of hydrogen-bond donors (Lipinski definition) is 2. The molecule has 3 nitrogen and oxygen atoms in total. The number of carbonyl (C=O) groups is 1. The van der Waals surface area contributed by atoms with Gasteiger partial charge in [0.1, 0.15) is 5.54 Å². The van der Waals surface area contributed by atoms with Gasteiger partial charge in [-0.1, -0.05) is 42.5 Å². The van der Waals surface area contributed by atoms with E-state index in [4.69, 9.17) is 0 Å². The summed E-state index contributed by atoms with van der Waals surface area (Å²) in [5.74, 6) is -0.738. The highest BCUT2D eigenvalue weighted by Gasteiger charge is 2.41. The lowest BCUT2D eigenvalue weighted by Gasteiger charge is -2.25. The van der Waals surface area contributed by atoms with Gasteiger partial charge in [-0.3, -0.25) is 4.79 Å². The number of hydrogen-bond acceptors (Lipinski definition) is 2. The van der Waals surface area contributed by atoms with Gasteiger partial charge < -0.3 is 22.8 Å². The lowest BCUT2D eigenvalue weighted by molar-refractivity contribution is -0.144. The van der Waals surface area contributed by atoms with Crippen LogP contribution in [0.4, 0.5) is 0 Å². The van der Waals surface area contributed by atoms with Crippen molar-refractivity contribution in [2.75, 3.05) is 6.54 Å². The number of fused-ring (bicyclic) bond motifs is 1. The molecule has 0 spiro atoms. The van der Waals surface area contributed by atoms with E-state index in [1.165, 1.54) is 5.39 Å². The van der Waals surface area contributed by atoms with Gasteiger partial charge in [0.2, 0.25) is 0 Å². The standard InChI is InChI=1S/C16H17NO2.ClH/c18-15(19)16(9-4-10-17-16)11-13-7-3-6-12-5-1-2-8-14(12)13;/h1-3,5-8,17H,4,9-11H2,(H,18,19);1H/t16-;/m1./s1. The molecule has 3 rings (SSSR count). The van der Waals surface area contributed by atoms with Crippen LogP contribution in [-0.4, -0.2) is 23.2 Å². The molecule has 4 heteroatoms. The first-order valence-corrected chi connectivity index (χ1v) is 6.66. The van der Waals surface area contributed by atoms with E-state index in [1.54, 1.807) is 0 Å². The van der Waals surface area contributed by atoms with Crippen LogP contribution in [0.2, 0.25) is 0 Å². The second kappa shape index (κ2) is 5.81. The predicted octanol–water partition coefficient (Wildman–Crippen LogP) is -0.294. The third-order valence-electron chi connectivity index (χ3n) is 4.03. The molecule has 0 unspecified atom stereocenters. The van der Waals surface area contributed by atoms with E-state index in [9.17, 15) is 9.90 Å². The SMILES string of the molecule is O=C(O)[C@]1(Cc2cccc3ccccc23)CCCN1.[Cl-].[H+]. The topological polar surface area (TPSA) is 49.3 Å². The summed E-state index contributed by atoms with van der Waals surface area (Å²) in [6.45, 7) is 0.789. The number of nitrogens with one attached hydrogen (secondary N) is 1. The van der Waals surface area contributed by atoms with Crippen molar-refractivity contribution in [1.29, 1.82) is 0 Å². The minimum absolute atomic E-state index is 0. The number of rotatable bonds is 3. The molecule has 1 atom stereocenters. The molecular weight excluding hydrogens is 274 g/mol. The van der Waals surface area contributed by atoms with Crippen molar-refractivity contribution in [3.05, 3.63) is 48.0 Å². The maximum Gasteiger partial charge on any atom is 1.00 e. The van der Waals surface area contributed by atoms with Crippen LogP contribution in [0.5, 0.6) is 0 Å². The van der Waals surface area contributed by atoms with Crippen LogP contribution in [0.3, 0.4) is 0 Å². The van der Waals surface area contributed by atoms with Crippen LogP contribution in [0.25, 0.3) is 10.8 Å². The maximum atomic E-state index is 11.6. The monoisotopic (exact) mass is 291 g/mol. The predicted molar refractivity (Wildman–Crippen MR) is 76.4 cm³/mol. The van der Waals surface area contributed by atoms with Crippen molar-refractivity contribution in [2.24, 2.45) is 0 Å². The summed E-state index contributed by atoms with van der Waals surface area (Å²) in [6.07, 6.45) is 2.17. The van der Waals surface area contributed by atoms with Crippen molar-refractivity contribution in [3.63, 3.8) is 0 Å². The summed E-state index contributed by atoms with van der Waals surface area (Å²) < 4.78 is 0. The third-order valence-corrected chi connectivity index (χ3v) is 4.03. The van der Waals surface area contributed by atoms with Gasteiger partial charge in [0.05, 0.1) is 0 Å². The molecule has 1 saturated heterocycles. The summed E-state index contributed by atoms with van der Waals surface area (Å²) in [6, 6.07) is 14.2. The van der Waals surface area contributed by atoms with E-state index >= 15 is 0 Å². The Hall–Kier alpha value is -1.58. The summed E-state index contributed by atoms with van der Waals surface area (Å²) in [5, 5.41) is 15.0. The van der Waals surface area contributed by atoms with Crippen LogP contribution < -0.4 is 17.7 Å². The van der Waals surface area contributed by atoms with Crippen LogP contribution >= 0.6 is 0 Å². The summed E-state index contributed by atoms with van der Waals surface area (Å²) >= 11 is 0. The molecule has 0 bridgehead atoms. The van der Waals surface area contributed by atoms with Gasteiger partial charge in [-0.15, -0.1) is 0 Å². The van der Waals surface area contributed by atoms with Gasteiger partial charge >= 0.3 is 7.40 Å². The fourth-order valence-electron chi connectivity index (χ4n) is 2.99. The molecular formula is C16H18ClNO2. The molecule has 0 amide bonds. The zero-order valence-electron chi connectivity index (χ0n) is 12.1. The molecule has 2 N–H and O–H groups in total. The Morgan fingerprint density at radius 2 is 2.00 bits per heavy atom. The Kier molecular flexibility index (Phi) is 4.31. The molecule has 0 radical (unpaired) electrons. The van der Waals surface area contributed by atoms with E-state index in [1.807, 2.05) is 24.3 Å². The second-order valence-electron chi connectivity index (χ2n) is 5.23. The van der Waals surface area contributed by atoms with Gasteiger partial charge in [0.25, 0.3) is 0 Å². The average Bonchev–Trinajstić information content (AvgIpc) is 2.89. The minimum atomic E-state index is -0.788. The highest BCUT2D eigenvalue weighted by Crippen LogP contribution is 2.28. The Bertz CT molecular complexity index is 621. The number of carboxylic acids is 1. The fourth-order valence-corrected chi connectivity index (χ4v) is 2.99. The second-order valence-corrected chi connectivity index (χ2v) is 5.23. The van der Waals surface area contributed by atoms with Crippen LogP contribution in [0.1, 0.15) is 19.8 Å². The lowest BCUT2D eigenvalue weighted by Crippen LogP contribution is -3.00. The highest BCUT2D eigenvalue weighted by atomic mass is 35.5. The van der Waals surface area contributed by atoms with Gasteiger partial charge in [-0.2, -0.15) is 0 Å². The van der Waals surface area contributed by atoms with Gasteiger partial charge in [0, 0.05) is 6.42 Å². The minimum Gasteiger partial charge on any atom is -1.00 e. The maximum absolute atomic E-state index is 11.6. The van der Waals surface area contributed by atoms with E-state index in [2.05, 4.69) is 23.5 Å². The number of halogens is 1. The van der Waals surface area contributed by atoms with E-state index in [0.29, 0.717) is 12.8 Å². The van der Waals surface area contributed by atoms with Gasteiger partial charge in [-0.05, 0) is 35.7 Å². The van der Waals surface area contributed by atoms with Crippen molar-refractivity contribution in [2.45, 2.75) is 24.8 Å². The number of carboxylic acid groups (broad SMARTS) is 1. The first-order chi connectivity index (χ1) is 9.21. The quantitative estimate of drug-likeness (QED) is 0.817. The third kappa shape index (κ3) is 2.51. The molecule has 2 aromatic rings. The number of benzene rings is 2. The van der Waals surface area contributed by atoms with E-state index in [0.717, 1.165) is 23.9 Å². The van der Waals surface area contributed by atoms with Gasteiger partial charge in [-0.25, -0.2) is 0 Å². The van der Waals surface area contributed by atoms with Crippen molar-refractivity contribution >= 4 is 16.7 Å². The highest BCUT2D eigenvalue weighted by molar-refractivity contribution is 5.87. The molecule has 0 saturated carbocycles. The molecule has 106 valence electrons. The Morgan fingerprint density at radius 1 is 1.25 bits per heavy atom. The zero-order valence-corrected chi connectivity index (χ0v) is 11.9. The molecule has 0 aromatic heterocycles. The first-order valence-electron chi connectivity index (χ1n) is 6.66. The largest absolute Gasteiger partial charge is 1.00 e. The zero-order chi connectivity index (χ0) is 13.3. The number of aliphatic carboxylic acids is 1. The smallest absolute Gasteiger partial charge is 1.00 e. The van der Waals surface area contributed by atoms with Crippen molar-refractivity contribution in [3.8, 4) is 0 Å². The fraction of sp³-hybridized carbons (Fsp3) is 0.312. The Labute approximate surface area is 125 Å². The Balaban J connectivity index is 0.00000110. The molecule has 20 heavy (non-hydrogen) atoms. The normalized spacial score (nSPS) is 21.6. The molecule has 2 aromatic carbocycles. The van der Waals surface area contributed by atoms with E-state index in [-0.39, 0.29) is 13.8 Å². The summed E-state index contributed by atoms with van der Waals surface area (Å²) in [5.41, 5.74) is 0.319. The lowest BCUT2D eigenvalue weighted by atomic mass is 9.87. The average molecular weight is 292 g/mol. The summed E-state index contributed by atoms with van der Waals surface area (Å²) in [4.78, 5) is 11.6. The molecule has 1 heterocycles. The van der Waals surface area contributed by atoms with Gasteiger partial charge in [0.15, 0.2) is 0 Å².